The summed E-state index contributed by atoms with van der Waals surface area (Å²) in [6.45, 7) is 6.24. The van der Waals surface area contributed by atoms with Gasteiger partial charge in [-0.05, 0) is 68.9 Å². The minimum atomic E-state index is -0.388. The van der Waals surface area contributed by atoms with Gasteiger partial charge in [0.2, 0.25) is 5.91 Å². The Kier molecular flexibility index (Phi) is 8.10. The second-order valence-corrected chi connectivity index (χ2v) is 10.6. The van der Waals surface area contributed by atoms with Gasteiger partial charge in [0, 0.05) is 17.5 Å². The Labute approximate surface area is 218 Å². The van der Waals surface area contributed by atoms with Gasteiger partial charge in [0.25, 0.3) is 5.91 Å². The first-order valence-electron chi connectivity index (χ1n) is 11.8. The van der Waals surface area contributed by atoms with E-state index in [1.807, 2.05) is 26.0 Å². The third-order valence-corrected chi connectivity index (χ3v) is 8.31. The predicted octanol–water partition coefficient (Wildman–Crippen LogP) is 3.82. The number of benzene rings is 1. The average Bonchev–Trinajstić information content (AvgIpc) is 3.52. The summed E-state index contributed by atoms with van der Waals surface area (Å²) in [7, 11) is 1.79. The van der Waals surface area contributed by atoms with Gasteiger partial charge < -0.3 is 19.9 Å². The fourth-order valence-electron chi connectivity index (χ4n) is 3.97. The van der Waals surface area contributed by atoms with Gasteiger partial charge >= 0.3 is 5.97 Å². The number of nitrogens with zero attached hydrogens (tertiary/aromatic N) is 3. The number of anilines is 1. The molecule has 4 rings (SSSR count). The van der Waals surface area contributed by atoms with Crippen LogP contribution in [0, 0.1) is 13.8 Å². The summed E-state index contributed by atoms with van der Waals surface area (Å²) < 4.78 is 6.97. The molecule has 0 unspecified atom stereocenters. The zero-order valence-electron chi connectivity index (χ0n) is 20.8. The van der Waals surface area contributed by atoms with E-state index in [9.17, 15) is 14.4 Å². The van der Waals surface area contributed by atoms with E-state index in [-0.39, 0.29) is 36.7 Å². The summed E-state index contributed by atoms with van der Waals surface area (Å²) in [5, 5.41) is 15.2. The highest BCUT2D eigenvalue weighted by molar-refractivity contribution is 7.99. The lowest BCUT2D eigenvalue weighted by Gasteiger charge is -2.08. The van der Waals surface area contributed by atoms with Crippen LogP contribution in [0.5, 0.6) is 0 Å². The molecule has 0 saturated heterocycles. The Hall–Kier alpha value is -3.18. The largest absolute Gasteiger partial charge is 0.462 e. The maximum atomic E-state index is 12.7. The zero-order valence-corrected chi connectivity index (χ0v) is 22.4. The number of esters is 1. The van der Waals surface area contributed by atoms with Crippen LogP contribution in [-0.2, 0) is 36.0 Å². The summed E-state index contributed by atoms with van der Waals surface area (Å²) in [6, 6.07) is 5.58. The monoisotopic (exact) mass is 527 g/mol. The van der Waals surface area contributed by atoms with Gasteiger partial charge in [-0.2, -0.15) is 0 Å². The van der Waals surface area contributed by atoms with Crippen molar-refractivity contribution in [3.63, 3.8) is 0 Å². The average molecular weight is 528 g/mol. The number of carbonyl (C=O) groups excluding carboxylic acids is 3. The van der Waals surface area contributed by atoms with Crippen LogP contribution in [0.15, 0.2) is 23.4 Å². The molecule has 1 aliphatic carbocycles. The zero-order chi connectivity index (χ0) is 25.8. The lowest BCUT2D eigenvalue weighted by Crippen LogP contribution is -2.24. The van der Waals surface area contributed by atoms with E-state index in [4.69, 9.17) is 4.74 Å². The number of aryl methyl sites for hydroxylation is 3. The van der Waals surface area contributed by atoms with Crippen LogP contribution >= 0.6 is 23.1 Å². The van der Waals surface area contributed by atoms with E-state index >= 15 is 0 Å². The molecule has 11 heteroatoms. The molecule has 3 aromatic rings. The first-order chi connectivity index (χ1) is 17.3. The van der Waals surface area contributed by atoms with Crippen molar-refractivity contribution in [2.24, 2.45) is 7.05 Å². The first kappa shape index (κ1) is 25.9. The molecule has 0 bridgehead atoms. The molecule has 2 heterocycles. The second kappa shape index (κ2) is 11.3. The van der Waals surface area contributed by atoms with E-state index in [2.05, 4.69) is 20.8 Å². The molecule has 2 amide bonds. The molecule has 0 aliphatic heterocycles. The van der Waals surface area contributed by atoms with E-state index < -0.39 is 0 Å². The predicted molar refractivity (Wildman–Crippen MR) is 140 cm³/mol. The molecule has 9 nitrogen and oxygen atoms in total. The van der Waals surface area contributed by atoms with Crippen molar-refractivity contribution in [2.45, 2.75) is 51.7 Å². The first-order valence-corrected chi connectivity index (χ1v) is 13.6. The molecule has 2 aromatic heterocycles. The van der Waals surface area contributed by atoms with Crippen molar-refractivity contribution in [1.82, 2.24) is 20.1 Å². The Morgan fingerprint density at radius 2 is 1.97 bits per heavy atom. The topological polar surface area (TPSA) is 115 Å². The quantitative estimate of drug-likeness (QED) is 0.321. The number of carbonyl (C=O) groups is 3. The van der Waals surface area contributed by atoms with Gasteiger partial charge in [0.1, 0.15) is 5.00 Å². The second-order valence-electron chi connectivity index (χ2n) is 8.56. The van der Waals surface area contributed by atoms with Gasteiger partial charge in [-0.15, -0.1) is 21.5 Å². The van der Waals surface area contributed by atoms with Crippen LogP contribution in [0.3, 0.4) is 0 Å². The summed E-state index contributed by atoms with van der Waals surface area (Å²) in [4.78, 5) is 38.8. The molecule has 0 fully saturated rings. The highest BCUT2D eigenvalue weighted by Crippen LogP contribution is 2.39. The molecular formula is C25H29N5O4S2. The van der Waals surface area contributed by atoms with E-state index in [0.29, 0.717) is 27.1 Å². The Morgan fingerprint density at radius 3 is 2.72 bits per heavy atom. The fourth-order valence-corrected chi connectivity index (χ4v) is 6.00. The van der Waals surface area contributed by atoms with Crippen molar-refractivity contribution in [3.05, 3.63) is 56.7 Å². The van der Waals surface area contributed by atoms with E-state index in [1.54, 1.807) is 24.6 Å². The molecule has 190 valence electrons. The summed E-state index contributed by atoms with van der Waals surface area (Å²) >= 11 is 2.69. The van der Waals surface area contributed by atoms with Gasteiger partial charge in [-0.25, -0.2) is 4.79 Å². The summed E-state index contributed by atoms with van der Waals surface area (Å²) in [5.74, 6) is -0.130. The maximum absolute atomic E-state index is 12.7. The number of nitrogens with one attached hydrogen (secondary N) is 2. The Balaban J connectivity index is 1.34. The number of thioether (sulfide) groups is 1. The van der Waals surface area contributed by atoms with Crippen molar-refractivity contribution < 1.29 is 19.1 Å². The molecule has 2 N–H and O–H groups in total. The number of rotatable bonds is 9. The SMILES string of the molecule is CCOC(=O)c1c(NC(=O)CSc2nnc(CNC(=O)c3ccc(C)c(C)c3)n2C)sc2c1CCC2. The van der Waals surface area contributed by atoms with E-state index in [1.165, 1.54) is 23.1 Å². The molecule has 0 saturated carbocycles. The van der Waals surface area contributed by atoms with Crippen LogP contribution in [-0.4, -0.2) is 44.9 Å². The third kappa shape index (κ3) is 5.62. The minimum absolute atomic E-state index is 0.103. The molecule has 0 spiro atoms. The van der Waals surface area contributed by atoms with Crippen LogP contribution in [0.25, 0.3) is 0 Å². The summed E-state index contributed by atoms with van der Waals surface area (Å²) in [6.07, 6.45) is 2.75. The number of amides is 2. The molecule has 36 heavy (non-hydrogen) atoms. The smallest absolute Gasteiger partial charge is 0.341 e. The highest BCUT2D eigenvalue weighted by Gasteiger charge is 2.28. The lowest BCUT2D eigenvalue weighted by atomic mass is 10.1. The molecular weight excluding hydrogens is 498 g/mol. The highest BCUT2D eigenvalue weighted by atomic mass is 32.2. The fraction of sp³-hybridized carbons (Fsp3) is 0.400. The third-order valence-electron chi connectivity index (χ3n) is 6.09. The van der Waals surface area contributed by atoms with Crippen LogP contribution in [0.2, 0.25) is 0 Å². The maximum Gasteiger partial charge on any atom is 0.341 e. The standard InChI is InChI=1S/C25H29N5O4S2/c1-5-34-24(33)21-17-7-6-8-18(17)36-23(21)27-20(31)13-35-25-29-28-19(30(25)4)12-26-22(32)16-10-9-14(2)15(3)11-16/h9-11H,5-8,12-13H2,1-4H3,(H,26,32)(H,27,31). The molecule has 0 radical (unpaired) electrons. The van der Waals surface area contributed by atoms with Crippen LogP contribution in [0.4, 0.5) is 5.00 Å². The van der Waals surface area contributed by atoms with Gasteiger partial charge in [-0.3, -0.25) is 9.59 Å². The summed E-state index contributed by atoms with van der Waals surface area (Å²) in [5.41, 5.74) is 4.27. The van der Waals surface area contributed by atoms with Crippen molar-refractivity contribution in [3.8, 4) is 0 Å². The van der Waals surface area contributed by atoms with Crippen molar-refractivity contribution >= 4 is 45.9 Å². The lowest BCUT2D eigenvalue weighted by molar-refractivity contribution is -0.113. The normalized spacial score (nSPS) is 12.3. The van der Waals surface area contributed by atoms with E-state index in [0.717, 1.165) is 40.8 Å². The Bertz CT molecular complexity index is 1310. The number of aromatic nitrogens is 3. The number of hydrogen-bond acceptors (Lipinski definition) is 8. The van der Waals surface area contributed by atoms with Crippen molar-refractivity contribution in [1.29, 1.82) is 0 Å². The number of ether oxygens (including phenoxy) is 1. The number of fused-ring (bicyclic) bond motifs is 1. The van der Waals surface area contributed by atoms with Crippen LogP contribution in [0.1, 0.15) is 61.5 Å². The van der Waals surface area contributed by atoms with Gasteiger partial charge in [0.15, 0.2) is 11.0 Å². The minimum Gasteiger partial charge on any atom is -0.462 e. The molecule has 1 aromatic carbocycles. The number of thiophene rings is 1. The number of hydrogen-bond donors (Lipinski definition) is 2. The van der Waals surface area contributed by atoms with Gasteiger partial charge in [0.05, 0.1) is 24.5 Å². The van der Waals surface area contributed by atoms with Gasteiger partial charge in [-0.1, -0.05) is 17.8 Å². The molecule has 0 atom stereocenters. The van der Waals surface area contributed by atoms with Crippen molar-refractivity contribution in [2.75, 3.05) is 17.7 Å². The molecule has 1 aliphatic rings. The Morgan fingerprint density at radius 1 is 1.17 bits per heavy atom. The van der Waals surface area contributed by atoms with Crippen LogP contribution < -0.4 is 10.6 Å².